The van der Waals surface area contributed by atoms with Gasteiger partial charge < -0.3 is 11.1 Å². The smallest absolute Gasteiger partial charge is 0.325 e. The number of carbonyl (C=O) groups is 2. The predicted molar refractivity (Wildman–Crippen MR) is 75.3 cm³/mol. The Bertz CT molecular complexity index is 561. The van der Waals surface area contributed by atoms with Crippen molar-refractivity contribution in [2.45, 2.75) is 13.0 Å². The highest BCUT2D eigenvalue weighted by atomic mass is 32.1. The van der Waals surface area contributed by atoms with E-state index in [0.717, 1.165) is 4.90 Å². The van der Waals surface area contributed by atoms with Gasteiger partial charge in [0.25, 0.3) is 5.91 Å². The second-order valence-corrected chi connectivity index (χ2v) is 5.16. The molecule has 2 rings (SSSR count). The third-order valence-electron chi connectivity index (χ3n) is 3.17. The van der Waals surface area contributed by atoms with E-state index in [9.17, 15) is 14.0 Å². The molecule has 1 aliphatic heterocycles. The highest BCUT2D eigenvalue weighted by molar-refractivity contribution is 7.80. The van der Waals surface area contributed by atoms with Crippen LogP contribution in [-0.4, -0.2) is 28.4 Å². The van der Waals surface area contributed by atoms with Gasteiger partial charge in [-0.25, -0.2) is 9.18 Å². The summed E-state index contributed by atoms with van der Waals surface area (Å²) in [4.78, 5) is 25.4. The molecule has 106 valence electrons. The molecule has 2 unspecified atom stereocenters. The van der Waals surface area contributed by atoms with Crippen LogP contribution in [0.3, 0.4) is 0 Å². The molecule has 20 heavy (non-hydrogen) atoms. The lowest BCUT2D eigenvalue weighted by molar-refractivity contribution is -0.127. The Balaban J connectivity index is 2.16. The minimum Gasteiger partial charge on any atom is -0.393 e. The summed E-state index contributed by atoms with van der Waals surface area (Å²) in [5, 5.41) is 2.56. The first-order valence-electron chi connectivity index (χ1n) is 6.07. The topological polar surface area (TPSA) is 75.4 Å². The van der Waals surface area contributed by atoms with E-state index in [4.69, 9.17) is 18.0 Å². The fourth-order valence-corrected chi connectivity index (χ4v) is 2.01. The fourth-order valence-electron chi connectivity index (χ4n) is 1.94. The number of hydrogen-bond donors (Lipinski definition) is 2. The summed E-state index contributed by atoms with van der Waals surface area (Å²) < 4.78 is 12.9. The summed E-state index contributed by atoms with van der Waals surface area (Å²) in [5.74, 6) is -1.04. The van der Waals surface area contributed by atoms with E-state index in [0.29, 0.717) is 5.56 Å². The normalized spacial score (nSPS) is 19.9. The number of nitrogens with zero attached hydrogens (tertiary/aromatic N) is 1. The van der Waals surface area contributed by atoms with Crippen LogP contribution in [0.15, 0.2) is 24.3 Å². The minimum atomic E-state index is -0.790. The standard InChI is InChI=1S/C13H14FN3O2S/c1-7(11(15)20)6-17-12(18)10(16-13(17)19)8-2-4-9(14)5-3-8/h2-5,7,10H,6H2,1H3,(H2,15,20)(H,16,19). The second kappa shape index (κ2) is 5.54. The fraction of sp³-hybridized carbons (Fsp3) is 0.308. The van der Waals surface area contributed by atoms with E-state index >= 15 is 0 Å². The molecule has 5 nitrogen and oxygen atoms in total. The maximum absolute atomic E-state index is 12.9. The average Bonchev–Trinajstić information content (AvgIpc) is 2.67. The first kappa shape index (κ1) is 14.4. The summed E-state index contributed by atoms with van der Waals surface area (Å²) in [7, 11) is 0. The molecular formula is C13H14FN3O2S. The molecule has 1 aliphatic rings. The molecule has 3 N–H and O–H groups in total. The van der Waals surface area contributed by atoms with Crippen molar-refractivity contribution in [3.63, 3.8) is 0 Å². The molecule has 1 fully saturated rings. The minimum absolute atomic E-state index is 0.137. The van der Waals surface area contributed by atoms with Crippen molar-refractivity contribution in [3.05, 3.63) is 35.6 Å². The first-order chi connectivity index (χ1) is 9.40. The van der Waals surface area contributed by atoms with E-state index in [1.165, 1.54) is 24.3 Å². The van der Waals surface area contributed by atoms with Crippen LogP contribution in [0.1, 0.15) is 18.5 Å². The van der Waals surface area contributed by atoms with Gasteiger partial charge in [0.15, 0.2) is 0 Å². The van der Waals surface area contributed by atoms with Gasteiger partial charge in [-0.05, 0) is 17.7 Å². The van der Waals surface area contributed by atoms with Crippen molar-refractivity contribution in [1.29, 1.82) is 0 Å². The molecule has 0 spiro atoms. The maximum Gasteiger partial charge on any atom is 0.325 e. The second-order valence-electron chi connectivity index (χ2n) is 4.69. The molecule has 0 bridgehead atoms. The molecule has 1 aromatic carbocycles. The van der Waals surface area contributed by atoms with Crippen molar-refractivity contribution < 1.29 is 14.0 Å². The Morgan fingerprint density at radius 3 is 2.60 bits per heavy atom. The number of carbonyl (C=O) groups excluding carboxylic acids is 2. The number of thiocarbonyl (C=S) groups is 1. The Morgan fingerprint density at radius 2 is 2.05 bits per heavy atom. The molecular weight excluding hydrogens is 281 g/mol. The first-order valence-corrected chi connectivity index (χ1v) is 6.47. The van der Waals surface area contributed by atoms with Crippen molar-refractivity contribution >= 4 is 29.1 Å². The van der Waals surface area contributed by atoms with Gasteiger partial charge in [0, 0.05) is 12.5 Å². The number of amides is 3. The largest absolute Gasteiger partial charge is 0.393 e. The SMILES string of the molecule is CC(CN1C(=O)NC(c2ccc(F)cc2)C1=O)C(N)=S. The molecule has 0 aliphatic carbocycles. The molecule has 0 aromatic heterocycles. The highest BCUT2D eigenvalue weighted by Gasteiger charge is 2.39. The molecule has 0 saturated carbocycles. The van der Waals surface area contributed by atoms with Gasteiger partial charge in [0.2, 0.25) is 0 Å². The van der Waals surface area contributed by atoms with Crippen LogP contribution in [-0.2, 0) is 4.79 Å². The zero-order chi connectivity index (χ0) is 14.9. The van der Waals surface area contributed by atoms with Crippen molar-refractivity contribution in [2.24, 2.45) is 11.7 Å². The molecule has 7 heteroatoms. The van der Waals surface area contributed by atoms with Crippen molar-refractivity contribution in [2.75, 3.05) is 6.54 Å². The Hall–Kier alpha value is -2.02. The third-order valence-corrected chi connectivity index (χ3v) is 3.57. The third kappa shape index (κ3) is 2.77. The average molecular weight is 295 g/mol. The number of halogens is 1. The van der Waals surface area contributed by atoms with Gasteiger partial charge in [0.1, 0.15) is 11.9 Å². The molecule has 3 amide bonds. The highest BCUT2D eigenvalue weighted by Crippen LogP contribution is 2.22. The van der Waals surface area contributed by atoms with E-state index in [1.807, 2.05) is 0 Å². The lowest BCUT2D eigenvalue weighted by Gasteiger charge is -2.17. The maximum atomic E-state index is 12.9. The Morgan fingerprint density at radius 1 is 1.45 bits per heavy atom. The molecule has 2 atom stereocenters. The van der Waals surface area contributed by atoms with Gasteiger partial charge in [-0.15, -0.1) is 0 Å². The zero-order valence-corrected chi connectivity index (χ0v) is 11.6. The number of benzene rings is 1. The summed E-state index contributed by atoms with van der Waals surface area (Å²) in [6.45, 7) is 1.88. The molecule has 1 aromatic rings. The number of imide groups is 1. The van der Waals surface area contributed by atoms with Crippen LogP contribution in [0, 0.1) is 11.7 Å². The quantitative estimate of drug-likeness (QED) is 0.649. The van der Waals surface area contributed by atoms with Crippen LogP contribution in [0.2, 0.25) is 0 Å². The van der Waals surface area contributed by atoms with E-state index in [2.05, 4.69) is 5.32 Å². The monoisotopic (exact) mass is 295 g/mol. The Kier molecular flexibility index (Phi) is 3.99. The summed E-state index contributed by atoms with van der Waals surface area (Å²) in [5.41, 5.74) is 6.02. The number of hydrogen-bond acceptors (Lipinski definition) is 3. The number of nitrogens with two attached hydrogens (primary N) is 1. The molecule has 1 saturated heterocycles. The van der Waals surface area contributed by atoms with Crippen LogP contribution in [0.25, 0.3) is 0 Å². The van der Waals surface area contributed by atoms with Gasteiger partial charge in [-0.2, -0.15) is 0 Å². The van der Waals surface area contributed by atoms with E-state index < -0.39 is 17.9 Å². The predicted octanol–water partition coefficient (Wildman–Crippen LogP) is 1.34. The van der Waals surface area contributed by atoms with Crippen molar-refractivity contribution in [3.8, 4) is 0 Å². The van der Waals surface area contributed by atoms with Crippen LogP contribution in [0.4, 0.5) is 9.18 Å². The number of urea groups is 1. The van der Waals surface area contributed by atoms with Gasteiger partial charge in [0.05, 0.1) is 4.99 Å². The van der Waals surface area contributed by atoms with Crippen LogP contribution < -0.4 is 11.1 Å². The number of rotatable bonds is 4. The van der Waals surface area contributed by atoms with Gasteiger partial charge >= 0.3 is 6.03 Å². The van der Waals surface area contributed by atoms with Crippen LogP contribution in [0.5, 0.6) is 0 Å². The summed E-state index contributed by atoms with van der Waals surface area (Å²) in [6.07, 6.45) is 0. The molecule has 0 radical (unpaired) electrons. The lowest BCUT2D eigenvalue weighted by atomic mass is 10.1. The summed E-state index contributed by atoms with van der Waals surface area (Å²) in [6, 6.07) is 4.15. The van der Waals surface area contributed by atoms with Gasteiger partial charge in [-0.1, -0.05) is 31.3 Å². The van der Waals surface area contributed by atoms with Crippen LogP contribution >= 0.6 is 12.2 Å². The number of nitrogens with one attached hydrogen (secondary N) is 1. The van der Waals surface area contributed by atoms with Crippen molar-refractivity contribution in [1.82, 2.24) is 10.2 Å². The Labute approximate surface area is 120 Å². The van der Waals surface area contributed by atoms with E-state index in [-0.39, 0.29) is 23.4 Å². The zero-order valence-electron chi connectivity index (χ0n) is 10.8. The van der Waals surface area contributed by atoms with E-state index in [1.54, 1.807) is 6.92 Å². The molecule has 1 heterocycles. The summed E-state index contributed by atoms with van der Waals surface area (Å²) >= 11 is 4.83. The van der Waals surface area contributed by atoms with Gasteiger partial charge in [-0.3, -0.25) is 9.69 Å². The lowest BCUT2D eigenvalue weighted by Crippen LogP contribution is -2.38.